The van der Waals surface area contributed by atoms with Crippen molar-refractivity contribution < 1.29 is 22.9 Å². The van der Waals surface area contributed by atoms with E-state index in [1.54, 1.807) is 6.07 Å². The van der Waals surface area contributed by atoms with Crippen molar-refractivity contribution in [1.82, 2.24) is 9.55 Å². The average molecular weight is 466 g/mol. The van der Waals surface area contributed by atoms with E-state index in [1.807, 2.05) is 11.5 Å². The highest BCUT2D eigenvalue weighted by atomic mass is 32.2. The molecular formula is C18H19N5O6S2. The molecule has 0 aliphatic rings. The standard InChI is InChI=1S/C18H19N5O6S2/c1-3-22-15-7-5-12(31(19,27)28)9-14(15)21-18(22)30-10-17(24)20-13-6-4-11(23(25)26)8-16(13)29-2/h4-9H,3,10H2,1-2H3,(H,20,24)(H2,19,27,28). The number of nitro benzene ring substituents is 1. The number of amides is 1. The second-order valence-corrected chi connectivity index (χ2v) is 8.82. The topological polar surface area (TPSA) is 159 Å². The highest BCUT2D eigenvalue weighted by Crippen LogP contribution is 2.30. The molecule has 0 atom stereocenters. The molecule has 0 bridgehead atoms. The third kappa shape index (κ3) is 4.95. The Labute approximate surface area is 181 Å². The minimum absolute atomic E-state index is 0.00546. The smallest absolute Gasteiger partial charge is 0.273 e. The minimum atomic E-state index is -3.85. The Morgan fingerprint density at radius 1 is 1.32 bits per heavy atom. The molecule has 0 aliphatic heterocycles. The Hall–Kier alpha value is -3.16. The number of nitrogens with one attached hydrogen (secondary N) is 1. The number of methoxy groups -OCH3 is 1. The fourth-order valence-electron chi connectivity index (χ4n) is 2.89. The van der Waals surface area contributed by atoms with Crippen molar-refractivity contribution in [2.45, 2.75) is 23.5 Å². The first-order valence-electron chi connectivity index (χ1n) is 8.92. The average Bonchev–Trinajstić information content (AvgIpc) is 3.08. The Morgan fingerprint density at radius 2 is 2.06 bits per heavy atom. The molecule has 0 radical (unpaired) electrons. The lowest BCUT2D eigenvalue weighted by atomic mass is 10.2. The van der Waals surface area contributed by atoms with E-state index in [-0.39, 0.29) is 28.0 Å². The molecule has 11 nitrogen and oxygen atoms in total. The molecule has 1 heterocycles. The summed E-state index contributed by atoms with van der Waals surface area (Å²) in [4.78, 5) is 27.1. The van der Waals surface area contributed by atoms with Gasteiger partial charge in [0.2, 0.25) is 15.9 Å². The second kappa shape index (κ2) is 8.91. The van der Waals surface area contributed by atoms with Gasteiger partial charge in [0.15, 0.2) is 5.16 Å². The number of sulfonamides is 1. The lowest BCUT2D eigenvalue weighted by Crippen LogP contribution is -2.15. The molecule has 0 fully saturated rings. The van der Waals surface area contributed by atoms with Gasteiger partial charge in [0, 0.05) is 12.6 Å². The zero-order valence-electron chi connectivity index (χ0n) is 16.6. The summed E-state index contributed by atoms with van der Waals surface area (Å²) in [7, 11) is -2.50. The van der Waals surface area contributed by atoms with Gasteiger partial charge in [0.1, 0.15) is 5.75 Å². The largest absolute Gasteiger partial charge is 0.494 e. The molecule has 31 heavy (non-hydrogen) atoms. The molecule has 1 amide bonds. The molecule has 0 unspecified atom stereocenters. The molecule has 0 saturated heterocycles. The molecule has 0 saturated carbocycles. The first-order valence-corrected chi connectivity index (χ1v) is 11.5. The number of nitro groups is 1. The van der Waals surface area contributed by atoms with Crippen molar-refractivity contribution in [2.24, 2.45) is 5.14 Å². The van der Waals surface area contributed by atoms with Crippen LogP contribution in [-0.2, 0) is 21.4 Å². The first kappa shape index (κ1) is 22.5. The summed E-state index contributed by atoms with van der Waals surface area (Å²) in [5.41, 5.74) is 1.32. The number of nitrogens with two attached hydrogens (primary N) is 1. The molecular weight excluding hydrogens is 446 g/mol. The van der Waals surface area contributed by atoms with Gasteiger partial charge in [-0.3, -0.25) is 14.9 Å². The van der Waals surface area contributed by atoms with Crippen LogP contribution in [0.4, 0.5) is 11.4 Å². The van der Waals surface area contributed by atoms with Crippen LogP contribution in [0.5, 0.6) is 5.75 Å². The number of non-ortho nitro benzene ring substituents is 1. The lowest BCUT2D eigenvalue weighted by molar-refractivity contribution is -0.384. The fourth-order valence-corrected chi connectivity index (χ4v) is 4.31. The number of nitrogens with zero attached hydrogens (tertiary/aromatic N) is 3. The quantitative estimate of drug-likeness (QED) is 0.291. The van der Waals surface area contributed by atoms with Crippen molar-refractivity contribution in [3.05, 3.63) is 46.5 Å². The van der Waals surface area contributed by atoms with Gasteiger partial charge in [-0.2, -0.15) is 0 Å². The molecule has 3 aromatic rings. The van der Waals surface area contributed by atoms with Crippen LogP contribution in [-0.4, -0.2) is 41.7 Å². The van der Waals surface area contributed by atoms with E-state index in [2.05, 4.69) is 10.3 Å². The van der Waals surface area contributed by atoms with Crippen molar-refractivity contribution >= 4 is 50.1 Å². The third-order valence-electron chi connectivity index (χ3n) is 4.33. The number of carbonyl (C=O) groups excluding carboxylic acids is 1. The normalized spacial score (nSPS) is 11.5. The van der Waals surface area contributed by atoms with E-state index in [0.717, 1.165) is 5.52 Å². The Morgan fingerprint density at radius 3 is 2.68 bits per heavy atom. The third-order valence-corrected chi connectivity index (χ3v) is 6.22. The zero-order chi connectivity index (χ0) is 22.8. The Bertz CT molecular complexity index is 1270. The van der Waals surface area contributed by atoms with Crippen LogP contribution in [0.2, 0.25) is 0 Å². The molecule has 164 valence electrons. The predicted octanol–water partition coefficient (Wildman–Crippen LogP) is 2.35. The lowest BCUT2D eigenvalue weighted by Gasteiger charge is -2.10. The van der Waals surface area contributed by atoms with Crippen molar-refractivity contribution in [3.63, 3.8) is 0 Å². The number of fused-ring (bicyclic) bond motifs is 1. The van der Waals surface area contributed by atoms with Gasteiger partial charge >= 0.3 is 0 Å². The number of aryl methyl sites for hydroxylation is 1. The molecule has 3 rings (SSSR count). The SMILES string of the molecule is CCn1c(SCC(=O)Nc2ccc([N+](=O)[O-])cc2OC)nc2cc(S(N)(=O)=O)ccc21. The number of hydrogen-bond donors (Lipinski definition) is 2. The number of carbonyl (C=O) groups is 1. The summed E-state index contributed by atoms with van der Waals surface area (Å²) in [5, 5.41) is 19.3. The number of rotatable bonds is 8. The van der Waals surface area contributed by atoms with Gasteiger partial charge in [0.25, 0.3) is 5.69 Å². The maximum absolute atomic E-state index is 12.4. The number of thioether (sulfide) groups is 1. The van der Waals surface area contributed by atoms with Crippen LogP contribution in [0.3, 0.4) is 0 Å². The van der Waals surface area contributed by atoms with E-state index >= 15 is 0 Å². The van der Waals surface area contributed by atoms with Gasteiger partial charge in [-0.25, -0.2) is 18.5 Å². The molecule has 3 N–H and O–H groups in total. The van der Waals surface area contributed by atoms with Gasteiger partial charge in [-0.15, -0.1) is 0 Å². The van der Waals surface area contributed by atoms with Crippen LogP contribution in [0.1, 0.15) is 6.92 Å². The maximum atomic E-state index is 12.4. The van der Waals surface area contributed by atoms with Gasteiger partial charge in [0.05, 0.1) is 45.5 Å². The Kier molecular flexibility index (Phi) is 6.48. The number of aromatic nitrogens is 2. The number of benzene rings is 2. The van der Waals surface area contributed by atoms with Crippen molar-refractivity contribution in [2.75, 3.05) is 18.2 Å². The molecule has 2 aromatic carbocycles. The first-order chi connectivity index (χ1) is 14.6. The van der Waals surface area contributed by atoms with Crippen molar-refractivity contribution in [1.29, 1.82) is 0 Å². The predicted molar refractivity (Wildman–Crippen MR) is 116 cm³/mol. The molecule has 0 spiro atoms. The van der Waals surface area contributed by atoms with Crippen LogP contribution >= 0.6 is 11.8 Å². The molecule has 13 heteroatoms. The van der Waals surface area contributed by atoms with E-state index in [4.69, 9.17) is 9.88 Å². The van der Waals surface area contributed by atoms with E-state index in [0.29, 0.717) is 22.9 Å². The zero-order valence-corrected chi connectivity index (χ0v) is 18.2. The van der Waals surface area contributed by atoms with Gasteiger partial charge in [-0.05, 0) is 31.2 Å². The number of imidazole rings is 1. The summed E-state index contributed by atoms with van der Waals surface area (Å²) in [6.07, 6.45) is 0. The summed E-state index contributed by atoms with van der Waals surface area (Å²) in [6.45, 7) is 2.46. The highest BCUT2D eigenvalue weighted by Gasteiger charge is 2.17. The monoisotopic (exact) mass is 465 g/mol. The van der Waals surface area contributed by atoms with Crippen LogP contribution in [0, 0.1) is 10.1 Å². The van der Waals surface area contributed by atoms with Crippen LogP contribution in [0.15, 0.2) is 46.5 Å². The summed E-state index contributed by atoms with van der Waals surface area (Å²) >= 11 is 1.17. The van der Waals surface area contributed by atoms with Crippen molar-refractivity contribution in [3.8, 4) is 5.75 Å². The maximum Gasteiger partial charge on any atom is 0.273 e. The second-order valence-electron chi connectivity index (χ2n) is 6.31. The van der Waals surface area contributed by atoms with E-state index < -0.39 is 14.9 Å². The number of ether oxygens (including phenoxy) is 1. The van der Waals surface area contributed by atoms with Crippen LogP contribution < -0.4 is 15.2 Å². The molecule has 1 aromatic heterocycles. The Balaban J connectivity index is 1.78. The van der Waals surface area contributed by atoms with Gasteiger partial charge in [-0.1, -0.05) is 11.8 Å². The van der Waals surface area contributed by atoms with Gasteiger partial charge < -0.3 is 14.6 Å². The minimum Gasteiger partial charge on any atom is -0.494 e. The van der Waals surface area contributed by atoms with E-state index in [1.165, 1.54) is 49.2 Å². The highest BCUT2D eigenvalue weighted by molar-refractivity contribution is 7.99. The summed E-state index contributed by atoms with van der Waals surface area (Å²) in [5.74, 6) is -0.188. The fraction of sp³-hybridized carbons (Fsp3) is 0.222. The number of primary sulfonamides is 1. The number of anilines is 1. The summed E-state index contributed by atoms with van der Waals surface area (Å²) in [6, 6.07) is 8.32. The molecule has 0 aliphatic carbocycles. The summed E-state index contributed by atoms with van der Waals surface area (Å²) < 4.78 is 30.1. The number of hydrogen-bond acceptors (Lipinski definition) is 8. The van der Waals surface area contributed by atoms with E-state index in [9.17, 15) is 23.3 Å². The van der Waals surface area contributed by atoms with Crippen LogP contribution in [0.25, 0.3) is 11.0 Å².